The number of anilines is 1. The Morgan fingerprint density at radius 3 is 2.46 bits per heavy atom. The number of hydrogen-bond donors (Lipinski definition) is 2. The summed E-state index contributed by atoms with van der Waals surface area (Å²) < 4.78 is 7.13. The highest BCUT2D eigenvalue weighted by atomic mass is 16.5. The number of nitrogens with zero attached hydrogens (tertiary/aromatic N) is 5. The standard InChI is InChI=1S/C35H33N7O6/c1-48-25-8-5-22(6-9-25)27-10-7-23(19-37-27)33(45)40-15-13-24(14-16-40)41-20-21(18-38-41)17-36-28-4-2-3-26-31(28)35(47)42(34(26)46)29-11-12-30(43)39-32(29)44/h2-10,18-20,24,29,36H,11-17H2,1H3,(H,39,43,44). The molecule has 0 aliphatic carbocycles. The Labute approximate surface area is 275 Å². The number of carbonyl (C=O) groups is 5. The number of methoxy groups -OCH3 is 1. The average molecular weight is 648 g/mol. The third kappa shape index (κ3) is 5.78. The Hall–Kier alpha value is -5.85. The van der Waals surface area contributed by atoms with Gasteiger partial charge in [-0.2, -0.15) is 5.10 Å². The average Bonchev–Trinajstić information content (AvgIpc) is 3.70. The number of likely N-dealkylation sites (tertiary alicyclic amines) is 1. The zero-order valence-electron chi connectivity index (χ0n) is 26.2. The molecule has 1 atom stereocenters. The smallest absolute Gasteiger partial charge is 0.264 e. The van der Waals surface area contributed by atoms with E-state index in [0.717, 1.165) is 40.3 Å². The van der Waals surface area contributed by atoms with Gasteiger partial charge >= 0.3 is 0 Å². The van der Waals surface area contributed by atoms with Gasteiger partial charge in [0.25, 0.3) is 17.7 Å². The van der Waals surface area contributed by atoms with Gasteiger partial charge in [0.15, 0.2) is 0 Å². The summed E-state index contributed by atoms with van der Waals surface area (Å²) in [6, 6.07) is 15.3. The second kappa shape index (κ2) is 12.7. The third-order valence-corrected chi connectivity index (χ3v) is 9.13. The van der Waals surface area contributed by atoms with Gasteiger partial charge in [-0.15, -0.1) is 0 Å². The highest BCUT2D eigenvalue weighted by Gasteiger charge is 2.45. The van der Waals surface area contributed by atoms with Crippen molar-refractivity contribution in [1.29, 1.82) is 0 Å². The molecule has 0 bridgehead atoms. The zero-order valence-corrected chi connectivity index (χ0v) is 26.2. The van der Waals surface area contributed by atoms with Gasteiger partial charge in [0.05, 0.1) is 41.7 Å². The second-order valence-electron chi connectivity index (χ2n) is 12.0. The van der Waals surface area contributed by atoms with E-state index in [9.17, 15) is 24.0 Å². The molecular weight excluding hydrogens is 614 g/mol. The Balaban J connectivity index is 0.944. The minimum absolute atomic E-state index is 0.0489. The summed E-state index contributed by atoms with van der Waals surface area (Å²) in [5.41, 5.74) is 4.06. The molecule has 3 aliphatic heterocycles. The number of ether oxygens (including phenoxy) is 1. The highest BCUT2D eigenvalue weighted by Crippen LogP contribution is 2.33. The summed E-state index contributed by atoms with van der Waals surface area (Å²) in [6.07, 6.45) is 6.98. The number of carbonyl (C=O) groups excluding carboxylic acids is 5. The van der Waals surface area contributed by atoms with Crippen molar-refractivity contribution in [3.8, 4) is 17.0 Å². The normalized spacial score (nSPS) is 18.1. The number of benzene rings is 2. The molecule has 5 heterocycles. The van der Waals surface area contributed by atoms with Crippen molar-refractivity contribution in [1.82, 2.24) is 29.9 Å². The molecule has 13 heteroatoms. The topological polar surface area (TPSA) is 156 Å². The summed E-state index contributed by atoms with van der Waals surface area (Å²) in [5, 5.41) is 10.0. The van der Waals surface area contributed by atoms with Crippen LogP contribution in [0.3, 0.4) is 0 Å². The first-order valence-electron chi connectivity index (χ1n) is 15.8. The van der Waals surface area contributed by atoms with E-state index in [4.69, 9.17) is 4.74 Å². The Bertz CT molecular complexity index is 1910. The van der Waals surface area contributed by atoms with Gasteiger partial charge in [0.2, 0.25) is 11.8 Å². The fourth-order valence-electron chi connectivity index (χ4n) is 6.50. The lowest BCUT2D eigenvalue weighted by Crippen LogP contribution is -2.54. The van der Waals surface area contributed by atoms with Crippen LogP contribution in [0.4, 0.5) is 5.69 Å². The van der Waals surface area contributed by atoms with Crippen LogP contribution in [0.5, 0.6) is 5.75 Å². The molecule has 13 nitrogen and oxygen atoms in total. The molecule has 0 saturated carbocycles. The van der Waals surface area contributed by atoms with Gasteiger partial charge in [-0.05, 0) is 67.8 Å². The monoisotopic (exact) mass is 647 g/mol. The van der Waals surface area contributed by atoms with Crippen molar-refractivity contribution < 1.29 is 28.7 Å². The van der Waals surface area contributed by atoms with Crippen molar-refractivity contribution in [2.75, 3.05) is 25.5 Å². The lowest BCUT2D eigenvalue weighted by atomic mass is 10.0. The molecule has 2 N–H and O–H groups in total. The fourth-order valence-corrected chi connectivity index (χ4v) is 6.50. The van der Waals surface area contributed by atoms with Crippen molar-refractivity contribution in [3.05, 3.63) is 95.4 Å². The van der Waals surface area contributed by atoms with Gasteiger partial charge in [0, 0.05) is 55.3 Å². The van der Waals surface area contributed by atoms with E-state index in [1.54, 1.807) is 37.7 Å². The first-order valence-corrected chi connectivity index (χ1v) is 15.8. The van der Waals surface area contributed by atoms with E-state index in [-0.39, 0.29) is 35.9 Å². The van der Waals surface area contributed by atoms with Crippen LogP contribution in [0, 0.1) is 0 Å². The molecule has 4 aromatic rings. The maximum absolute atomic E-state index is 13.4. The van der Waals surface area contributed by atoms with E-state index < -0.39 is 29.7 Å². The van der Waals surface area contributed by atoms with Crippen molar-refractivity contribution in [2.45, 2.75) is 44.3 Å². The van der Waals surface area contributed by atoms with Gasteiger partial charge in [0.1, 0.15) is 11.8 Å². The van der Waals surface area contributed by atoms with Crippen molar-refractivity contribution in [3.63, 3.8) is 0 Å². The number of imide groups is 2. The second-order valence-corrected chi connectivity index (χ2v) is 12.0. The van der Waals surface area contributed by atoms with Crippen molar-refractivity contribution >= 4 is 35.2 Å². The number of fused-ring (bicyclic) bond motifs is 1. The number of nitrogens with one attached hydrogen (secondary N) is 2. The molecule has 2 saturated heterocycles. The lowest BCUT2D eigenvalue weighted by molar-refractivity contribution is -0.136. The van der Waals surface area contributed by atoms with Crippen LogP contribution in [0.1, 0.15) is 68.4 Å². The van der Waals surface area contributed by atoms with Crippen LogP contribution in [0.2, 0.25) is 0 Å². The SMILES string of the molecule is COc1ccc(-c2ccc(C(=O)N3CCC(n4cc(CNc5cccc6c5C(=O)N(C5CCC(=O)NC5=O)C6=O)cn4)CC3)cn2)cc1. The number of pyridine rings is 1. The molecule has 1 unspecified atom stereocenters. The summed E-state index contributed by atoms with van der Waals surface area (Å²) in [7, 11) is 1.62. The van der Waals surface area contributed by atoms with Gasteiger partial charge in [-0.3, -0.25) is 43.9 Å². The summed E-state index contributed by atoms with van der Waals surface area (Å²) in [4.78, 5) is 71.1. The zero-order chi connectivity index (χ0) is 33.4. The predicted octanol–water partition coefficient (Wildman–Crippen LogP) is 3.44. The van der Waals surface area contributed by atoms with Crippen molar-refractivity contribution in [2.24, 2.45) is 0 Å². The largest absolute Gasteiger partial charge is 0.497 e. The van der Waals surface area contributed by atoms with Crippen LogP contribution < -0.4 is 15.4 Å². The highest BCUT2D eigenvalue weighted by molar-refractivity contribution is 6.25. The first-order chi connectivity index (χ1) is 23.3. The molecule has 0 spiro atoms. The summed E-state index contributed by atoms with van der Waals surface area (Å²) in [5.74, 6) is -1.45. The molecule has 0 radical (unpaired) electrons. The molecular formula is C35H33N7O6. The Morgan fingerprint density at radius 2 is 1.75 bits per heavy atom. The summed E-state index contributed by atoms with van der Waals surface area (Å²) in [6.45, 7) is 1.54. The van der Waals surface area contributed by atoms with E-state index in [1.807, 2.05) is 52.2 Å². The molecule has 244 valence electrons. The molecule has 48 heavy (non-hydrogen) atoms. The fraction of sp³-hybridized carbons (Fsp3) is 0.286. The van der Waals surface area contributed by atoms with Gasteiger partial charge < -0.3 is 15.0 Å². The number of amides is 5. The molecule has 2 fully saturated rings. The number of rotatable bonds is 8. The number of hydrogen-bond acceptors (Lipinski definition) is 9. The summed E-state index contributed by atoms with van der Waals surface area (Å²) >= 11 is 0. The van der Waals surface area contributed by atoms with E-state index in [1.165, 1.54) is 0 Å². The van der Waals surface area contributed by atoms with Crippen LogP contribution in [0.25, 0.3) is 11.3 Å². The van der Waals surface area contributed by atoms with E-state index >= 15 is 0 Å². The predicted molar refractivity (Wildman–Crippen MR) is 173 cm³/mol. The van der Waals surface area contributed by atoms with Crippen LogP contribution in [0.15, 0.2) is 73.2 Å². The van der Waals surface area contributed by atoms with E-state index in [2.05, 4.69) is 20.7 Å². The quantitative estimate of drug-likeness (QED) is 0.274. The minimum Gasteiger partial charge on any atom is -0.497 e. The van der Waals surface area contributed by atoms with E-state index in [0.29, 0.717) is 30.9 Å². The van der Waals surface area contributed by atoms with Crippen LogP contribution in [-0.4, -0.2) is 80.3 Å². The lowest BCUT2D eigenvalue weighted by Gasteiger charge is -2.32. The number of piperidine rings is 2. The van der Waals surface area contributed by atoms with Gasteiger partial charge in [-0.25, -0.2) is 0 Å². The maximum Gasteiger partial charge on any atom is 0.264 e. The molecule has 7 rings (SSSR count). The van der Waals surface area contributed by atoms with Gasteiger partial charge in [-0.1, -0.05) is 6.07 Å². The molecule has 2 aromatic carbocycles. The number of aromatic nitrogens is 3. The maximum atomic E-state index is 13.4. The minimum atomic E-state index is -1.02. The van der Waals surface area contributed by atoms with Crippen LogP contribution in [-0.2, 0) is 16.1 Å². The first kappa shape index (κ1) is 30.8. The Kier molecular flexibility index (Phi) is 8.17. The molecule has 5 amide bonds. The molecule has 2 aromatic heterocycles. The van der Waals surface area contributed by atoms with Crippen LogP contribution >= 0.6 is 0 Å². The Morgan fingerprint density at radius 1 is 0.958 bits per heavy atom. The third-order valence-electron chi connectivity index (χ3n) is 9.13. The molecule has 3 aliphatic rings.